The van der Waals surface area contributed by atoms with Crippen molar-refractivity contribution in [3.63, 3.8) is 0 Å². The Morgan fingerprint density at radius 1 is 1.27 bits per heavy atom. The zero-order valence-electron chi connectivity index (χ0n) is 14.5. The molecule has 0 radical (unpaired) electrons. The topological polar surface area (TPSA) is 69.3 Å². The van der Waals surface area contributed by atoms with E-state index in [2.05, 4.69) is 10.4 Å². The highest BCUT2D eigenvalue weighted by Gasteiger charge is 2.17. The van der Waals surface area contributed by atoms with Crippen LogP contribution in [0.3, 0.4) is 0 Å². The number of nitrogens with one attached hydrogen (secondary N) is 1. The van der Waals surface area contributed by atoms with Crippen LogP contribution in [-0.2, 0) is 13.7 Å². The second-order valence-electron chi connectivity index (χ2n) is 5.73. The maximum Gasteiger partial charge on any atom is 0.291 e. The van der Waals surface area contributed by atoms with Crippen molar-refractivity contribution in [2.45, 2.75) is 20.5 Å². The minimum absolute atomic E-state index is 0.123. The Bertz CT molecular complexity index is 963. The summed E-state index contributed by atoms with van der Waals surface area (Å²) in [6, 6.07) is 8.39. The summed E-state index contributed by atoms with van der Waals surface area (Å²) in [5.41, 5.74) is 2.28. The molecule has 0 saturated heterocycles. The number of ether oxygens (including phenoxy) is 1. The molecule has 0 unspecified atom stereocenters. The van der Waals surface area contributed by atoms with Gasteiger partial charge in [-0.25, -0.2) is 0 Å². The normalized spacial score (nSPS) is 10.8. The molecule has 0 aliphatic carbocycles. The molecule has 0 bridgehead atoms. The van der Waals surface area contributed by atoms with Gasteiger partial charge < -0.3 is 14.5 Å². The number of benzene rings is 1. The molecular weight excluding hydrogens is 377 g/mol. The summed E-state index contributed by atoms with van der Waals surface area (Å²) < 4.78 is 12.9. The molecule has 0 aliphatic heterocycles. The molecule has 3 aromatic rings. The highest BCUT2D eigenvalue weighted by Crippen LogP contribution is 2.32. The van der Waals surface area contributed by atoms with Gasteiger partial charge >= 0.3 is 0 Å². The first-order valence-corrected chi connectivity index (χ1v) is 8.59. The van der Waals surface area contributed by atoms with Crippen molar-refractivity contribution in [1.29, 1.82) is 0 Å². The zero-order valence-corrected chi connectivity index (χ0v) is 16.0. The van der Waals surface area contributed by atoms with Crippen LogP contribution < -0.4 is 10.1 Å². The summed E-state index contributed by atoms with van der Waals surface area (Å²) >= 11 is 12.0. The van der Waals surface area contributed by atoms with Gasteiger partial charge in [0.05, 0.1) is 22.1 Å². The van der Waals surface area contributed by atoms with Gasteiger partial charge in [-0.1, -0.05) is 29.3 Å². The molecular formula is C18H17Cl2N3O3. The van der Waals surface area contributed by atoms with E-state index in [1.54, 1.807) is 35.0 Å². The molecule has 1 aromatic carbocycles. The van der Waals surface area contributed by atoms with Gasteiger partial charge in [0.15, 0.2) is 5.76 Å². The van der Waals surface area contributed by atoms with E-state index < -0.39 is 0 Å². The number of rotatable bonds is 5. The SMILES string of the molecule is Cc1nn(C)c(C)c1NC(=O)c1ccc(COc2cccc(Cl)c2Cl)o1. The van der Waals surface area contributed by atoms with Gasteiger partial charge in [0.25, 0.3) is 5.91 Å². The first-order chi connectivity index (χ1) is 12.4. The molecule has 0 atom stereocenters. The summed E-state index contributed by atoms with van der Waals surface area (Å²) in [5.74, 6) is 0.772. The molecule has 8 heteroatoms. The number of hydrogen-bond acceptors (Lipinski definition) is 4. The van der Waals surface area contributed by atoms with Crippen LogP contribution >= 0.6 is 23.2 Å². The number of furan rings is 1. The highest BCUT2D eigenvalue weighted by atomic mass is 35.5. The molecule has 1 amide bonds. The third-order valence-corrected chi connectivity index (χ3v) is 4.72. The van der Waals surface area contributed by atoms with Crippen LogP contribution in [0.5, 0.6) is 5.75 Å². The first kappa shape index (κ1) is 18.4. The third-order valence-electron chi connectivity index (χ3n) is 3.92. The van der Waals surface area contributed by atoms with Gasteiger partial charge in [0, 0.05) is 7.05 Å². The van der Waals surface area contributed by atoms with Crippen molar-refractivity contribution in [2.75, 3.05) is 5.32 Å². The number of amides is 1. The minimum atomic E-state index is -0.351. The molecule has 0 aliphatic rings. The van der Waals surface area contributed by atoms with Gasteiger partial charge in [-0.3, -0.25) is 9.48 Å². The summed E-state index contributed by atoms with van der Waals surface area (Å²) in [5, 5.41) is 7.84. The Hall–Kier alpha value is -2.44. The third kappa shape index (κ3) is 3.71. The van der Waals surface area contributed by atoms with Crippen LogP contribution in [0.15, 0.2) is 34.7 Å². The van der Waals surface area contributed by atoms with Crippen molar-refractivity contribution in [1.82, 2.24) is 9.78 Å². The lowest BCUT2D eigenvalue weighted by Crippen LogP contribution is -2.12. The number of carbonyl (C=O) groups is 1. The standard InChI is InChI=1S/C18H17Cl2N3O3/c1-10-17(11(2)23(3)22-10)21-18(24)15-8-7-12(26-15)9-25-14-6-4-5-13(19)16(14)20/h4-8H,9H2,1-3H3,(H,21,24). The van der Waals surface area contributed by atoms with Crippen molar-refractivity contribution in [3.8, 4) is 5.75 Å². The predicted molar refractivity (Wildman–Crippen MR) is 100 cm³/mol. The number of carbonyl (C=O) groups excluding carboxylic acids is 1. The maximum absolute atomic E-state index is 12.4. The van der Waals surface area contributed by atoms with E-state index in [-0.39, 0.29) is 18.3 Å². The van der Waals surface area contributed by atoms with E-state index in [1.807, 2.05) is 20.9 Å². The van der Waals surface area contributed by atoms with Gasteiger partial charge in [-0.15, -0.1) is 0 Å². The molecule has 1 N–H and O–H groups in total. The monoisotopic (exact) mass is 393 g/mol. The Labute approximate surface area is 160 Å². The van der Waals surface area contributed by atoms with Crippen LogP contribution in [-0.4, -0.2) is 15.7 Å². The van der Waals surface area contributed by atoms with Crippen LogP contribution in [0, 0.1) is 13.8 Å². The number of hydrogen-bond donors (Lipinski definition) is 1. The van der Waals surface area contributed by atoms with E-state index in [0.717, 1.165) is 11.4 Å². The van der Waals surface area contributed by atoms with Crippen molar-refractivity contribution in [2.24, 2.45) is 7.05 Å². The van der Waals surface area contributed by atoms with Crippen LogP contribution in [0.4, 0.5) is 5.69 Å². The highest BCUT2D eigenvalue weighted by molar-refractivity contribution is 6.42. The summed E-state index contributed by atoms with van der Waals surface area (Å²) in [6.45, 7) is 3.84. The Morgan fingerprint density at radius 3 is 2.73 bits per heavy atom. The second-order valence-corrected chi connectivity index (χ2v) is 6.52. The fraction of sp³-hybridized carbons (Fsp3) is 0.222. The molecule has 0 fully saturated rings. The van der Waals surface area contributed by atoms with Crippen molar-refractivity contribution in [3.05, 3.63) is 63.3 Å². The van der Waals surface area contributed by atoms with Crippen molar-refractivity contribution < 1.29 is 13.9 Å². The summed E-state index contributed by atoms with van der Waals surface area (Å²) in [4.78, 5) is 12.4. The number of aromatic nitrogens is 2. The van der Waals surface area contributed by atoms with E-state index in [0.29, 0.717) is 27.2 Å². The Balaban J connectivity index is 1.67. The molecule has 2 heterocycles. The molecule has 3 rings (SSSR count). The Kier molecular flexibility index (Phi) is 5.25. The van der Waals surface area contributed by atoms with Gasteiger partial charge in [-0.05, 0) is 38.1 Å². The number of anilines is 1. The first-order valence-electron chi connectivity index (χ1n) is 7.84. The summed E-state index contributed by atoms with van der Waals surface area (Å²) in [6.07, 6.45) is 0. The molecule has 136 valence electrons. The maximum atomic E-state index is 12.4. The lowest BCUT2D eigenvalue weighted by molar-refractivity contribution is 0.0992. The molecule has 0 spiro atoms. The van der Waals surface area contributed by atoms with E-state index in [4.69, 9.17) is 32.4 Å². The smallest absolute Gasteiger partial charge is 0.291 e. The second kappa shape index (κ2) is 7.43. The lowest BCUT2D eigenvalue weighted by atomic mass is 10.3. The molecule has 6 nitrogen and oxygen atoms in total. The van der Waals surface area contributed by atoms with Crippen LogP contribution in [0.1, 0.15) is 27.7 Å². The largest absolute Gasteiger partial charge is 0.484 e. The molecule has 26 heavy (non-hydrogen) atoms. The van der Waals surface area contributed by atoms with E-state index >= 15 is 0 Å². The minimum Gasteiger partial charge on any atom is -0.484 e. The van der Waals surface area contributed by atoms with E-state index in [1.165, 1.54) is 0 Å². The zero-order chi connectivity index (χ0) is 18.8. The average molecular weight is 394 g/mol. The Morgan fingerprint density at radius 2 is 2.04 bits per heavy atom. The van der Waals surface area contributed by atoms with Gasteiger partial charge in [0.2, 0.25) is 0 Å². The fourth-order valence-electron chi connectivity index (χ4n) is 2.45. The number of nitrogens with zero attached hydrogens (tertiary/aromatic N) is 2. The molecule has 2 aromatic heterocycles. The van der Waals surface area contributed by atoms with Crippen molar-refractivity contribution >= 4 is 34.8 Å². The number of halogens is 2. The van der Waals surface area contributed by atoms with Crippen LogP contribution in [0.2, 0.25) is 10.0 Å². The quantitative estimate of drug-likeness (QED) is 0.677. The van der Waals surface area contributed by atoms with Gasteiger partial charge in [-0.2, -0.15) is 5.10 Å². The fourth-order valence-corrected chi connectivity index (χ4v) is 2.80. The predicted octanol–water partition coefficient (Wildman–Crippen LogP) is 4.77. The van der Waals surface area contributed by atoms with E-state index in [9.17, 15) is 4.79 Å². The average Bonchev–Trinajstić information content (AvgIpc) is 3.17. The van der Waals surface area contributed by atoms with Crippen LogP contribution in [0.25, 0.3) is 0 Å². The number of aryl methyl sites for hydroxylation is 2. The lowest BCUT2D eigenvalue weighted by Gasteiger charge is -2.07. The van der Waals surface area contributed by atoms with Gasteiger partial charge in [0.1, 0.15) is 23.1 Å². The summed E-state index contributed by atoms with van der Waals surface area (Å²) in [7, 11) is 1.82. The molecule has 0 saturated carbocycles.